The fourth-order valence-electron chi connectivity index (χ4n) is 3.13. The first kappa shape index (κ1) is 15.9. The topological polar surface area (TPSA) is 58.5 Å². The number of morpholine rings is 1. The summed E-state index contributed by atoms with van der Waals surface area (Å²) in [5.41, 5.74) is 3.39. The van der Waals surface area contributed by atoms with Crippen LogP contribution in [0.4, 0.5) is 10.1 Å². The second-order valence-electron chi connectivity index (χ2n) is 6.00. The highest BCUT2D eigenvalue weighted by Gasteiger charge is 2.15. The summed E-state index contributed by atoms with van der Waals surface area (Å²) in [6, 6.07) is 10.5. The van der Waals surface area contributed by atoms with Crippen LogP contribution in [-0.4, -0.2) is 41.4 Å². The first-order valence-corrected chi connectivity index (χ1v) is 8.23. The summed E-state index contributed by atoms with van der Waals surface area (Å²) < 4.78 is 19.7. The maximum atomic E-state index is 14.3. The van der Waals surface area contributed by atoms with E-state index in [0.29, 0.717) is 30.0 Å². The summed E-state index contributed by atoms with van der Waals surface area (Å²) in [6.07, 6.45) is 1.45. The van der Waals surface area contributed by atoms with Crippen molar-refractivity contribution in [3.8, 4) is 11.3 Å². The minimum atomic E-state index is -0.366. The minimum Gasteiger partial charge on any atom is -0.392 e. The molecule has 0 spiro atoms. The van der Waals surface area contributed by atoms with Crippen molar-refractivity contribution in [1.29, 1.82) is 0 Å². The van der Waals surface area contributed by atoms with E-state index < -0.39 is 0 Å². The molecule has 1 N–H and O–H groups in total. The van der Waals surface area contributed by atoms with E-state index >= 15 is 0 Å². The van der Waals surface area contributed by atoms with Gasteiger partial charge >= 0.3 is 0 Å². The van der Waals surface area contributed by atoms with Crippen molar-refractivity contribution in [2.45, 2.75) is 6.61 Å². The monoisotopic (exact) mass is 339 g/mol. The molecule has 0 amide bonds. The van der Waals surface area contributed by atoms with Crippen molar-refractivity contribution in [3.05, 3.63) is 54.1 Å². The Morgan fingerprint density at radius 2 is 1.92 bits per heavy atom. The molecular formula is C19H18FN3O2. The first-order valence-electron chi connectivity index (χ1n) is 8.23. The molecule has 1 aromatic heterocycles. The van der Waals surface area contributed by atoms with Crippen LogP contribution < -0.4 is 4.90 Å². The molecule has 1 aliphatic rings. The van der Waals surface area contributed by atoms with E-state index in [9.17, 15) is 9.50 Å². The third-order valence-corrected chi connectivity index (χ3v) is 4.46. The highest BCUT2D eigenvalue weighted by molar-refractivity contribution is 5.94. The summed E-state index contributed by atoms with van der Waals surface area (Å²) in [6.45, 7) is 2.98. The number of anilines is 1. The Labute approximate surface area is 144 Å². The Hall–Kier alpha value is -2.57. The molecule has 2 heterocycles. The number of fused-ring (bicyclic) bond motifs is 1. The second-order valence-corrected chi connectivity index (χ2v) is 6.00. The predicted octanol–water partition coefficient (Wildman–Crippen LogP) is 2.76. The van der Waals surface area contributed by atoms with E-state index in [2.05, 4.69) is 14.9 Å². The quantitative estimate of drug-likeness (QED) is 0.795. The molecule has 128 valence electrons. The van der Waals surface area contributed by atoms with E-state index in [1.165, 1.54) is 12.4 Å². The van der Waals surface area contributed by atoms with Crippen molar-refractivity contribution in [2.75, 3.05) is 31.2 Å². The molecule has 3 aromatic rings. The van der Waals surface area contributed by atoms with Gasteiger partial charge in [-0.05, 0) is 35.9 Å². The van der Waals surface area contributed by atoms with E-state index in [1.54, 1.807) is 12.1 Å². The zero-order valence-electron chi connectivity index (χ0n) is 13.7. The normalized spacial score (nSPS) is 14.9. The number of benzene rings is 2. The highest BCUT2D eigenvalue weighted by atomic mass is 19.1. The highest BCUT2D eigenvalue weighted by Crippen LogP contribution is 2.30. The maximum Gasteiger partial charge on any atom is 0.132 e. The lowest BCUT2D eigenvalue weighted by molar-refractivity contribution is 0.122. The van der Waals surface area contributed by atoms with Gasteiger partial charge in [-0.2, -0.15) is 0 Å². The molecule has 0 radical (unpaired) electrons. The number of aliphatic hydroxyl groups excluding tert-OH is 1. The molecule has 5 nitrogen and oxygen atoms in total. The van der Waals surface area contributed by atoms with Gasteiger partial charge in [0.2, 0.25) is 0 Å². The molecular weight excluding hydrogens is 321 g/mol. The van der Waals surface area contributed by atoms with Gasteiger partial charge in [-0.1, -0.05) is 6.07 Å². The van der Waals surface area contributed by atoms with Crippen LogP contribution in [0.1, 0.15) is 5.56 Å². The zero-order valence-corrected chi connectivity index (χ0v) is 13.7. The van der Waals surface area contributed by atoms with Crippen molar-refractivity contribution in [1.82, 2.24) is 9.97 Å². The molecule has 1 aliphatic heterocycles. The number of ether oxygens (including phenoxy) is 1. The van der Waals surface area contributed by atoms with E-state index in [-0.39, 0.29) is 12.4 Å². The van der Waals surface area contributed by atoms with Crippen LogP contribution >= 0.6 is 0 Å². The van der Waals surface area contributed by atoms with Gasteiger partial charge in [0.15, 0.2) is 0 Å². The molecule has 0 unspecified atom stereocenters. The fourth-order valence-corrected chi connectivity index (χ4v) is 3.13. The molecule has 1 fully saturated rings. The Balaban J connectivity index is 1.80. The van der Waals surface area contributed by atoms with Crippen LogP contribution in [0, 0.1) is 5.82 Å². The number of rotatable bonds is 3. The largest absolute Gasteiger partial charge is 0.392 e. The van der Waals surface area contributed by atoms with Gasteiger partial charge in [0, 0.05) is 29.7 Å². The molecule has 1 saturated heterocycles. The van der Waals surface area contributed by atoms with Crippen LogP contribution in [0.5, 0.6) is 0 Å². The average Bonchev–Trinajstić information content (AvgIpc) is 2.68. The van der Waals surface area contributed by atoms with Crippen molar-refractivity contribution in [3.63, 3.8) is 0 Å². The van der Waals surface area contributed by atoms with Gasteiger partial charge in [0.25, 0.3) is 0 Å². The molecule has 0 aliphatic carbocycles. The lowest BCUT2D eigenvalue weighted by Gasteiger charge is -2.29. The number of halogens is 1. The number of hydrogen-bond donors (Lipinski definition) is 1. The van der Waals surface area contributed by atoms with Crippen LogP contribution in [0.15, 0.2) is 42.7 Å². The van der Waals surface area contributed by atoms with Gasteiger partial charge in [-0.25, -0.2) is 14.4 Å². The van der Waals surface area contributed by atoms with Crippen LogP contribution in [0.3, 0.4) is 0 Å². The summed E-state index contributed by atoms with van der Waals surface area (Å²) in [4.78, 5) is 10.9. The molecule has 0 bridgehead atoms. The lowest BCUT2D eigenvalue weighted by atomic mass is 10.0. The lowest BCUT2D eigenvalue weighted by Crippen LogP contribution is -2.36. The summed E-state index contributed by atoms with van der Waals surface area (Å²) in [7, 11) is 0. The smallest absolute Gasteiger partial charge is 0.132 e. The SMILES string of the molecule is OCc1ccc(F)c(-c2ncnc3cc(N4CCOCC4)ccc23)c1. The zero-order chi connectivity index (χ0) is 17.2. The number of hydrogen-bond acceptors (Lipinski definition) is 5. The second kappa shape index (κ2) is 6.74. The summed E-state index contributed by atoms with van der Waals surface area (Å²) in [5.74, 6) is -0.366. The fraction of sp³-hybridized carbons (Fsp3) is 0.263. The van der Waals surface area contributed by atoms with Gasteiger partial charge < -0.3 is 14.7 Å². The van der Waals surface area contributed by atoms with Crippen molar-refractivity contribution in [2.24, 2.45) is 0 Å². The number of aromatic nitrogens is 2. The van der Waals surface area contributed by atoms with Crippen LogP contribution in [-0.2, 0) is 11.3 Å². The van der Waals surface area contributed by atoms with Crippen LogP contribution in [0.25, 0.3) is 22.2 Å². The molecule has 6 heteroatoms. The molecule has 0 atom stereocenters. The number of nitrogens with zero attached hydrogens (tertiary/aromatic N) is 3. The van der Waals surface area contributed by atoms with Gasteiger partial charge in [-0.3, -0.25) is 0 Å². The Morgan fingerprint density at radius 1 is 1.08 bits per heavy atom. The first-order chi connectivity index (χ1) is 12.3. The maximum absolute atomic E-state index is 14.3. The van der Waals surface area contributed by atoms with E-state index in [1.807, 2.05) is 18.2 Å². The van der Waals surface area contributed by atoms with Crippen molar-refractivity contribution < 1.29 is 14.2 Å². The Morgan fingerprint density at radius 3 is 2.72 bits per heavy atom. The van der Waals surface area contributed by atoms with Crippen molar-refractivity contribution >= 4 is 16.6 Å². The molecule has 2 aromatic carbocycles. The molecule has 0 saturated carbocycles. The number of aliphatic hydroxyl groups is 1. The van der Waals surface area contributed by atoms with Crippen LogP contribution in [0.2, 0.25) is 0 Å². The van der Waals surface area contributed by atoms with Gasteiger partial charge in [-0.15, -0.1) is 0 Å². The van der Waals surface area contributed by atoms with E-state index in [4.69, 9.17) is 4.74 Å². The summed E-state index contributed by atoms with van der Waals surface area (Å²) in [5, 5.41) is 10.1. The third kappa shape index (κ3) is 3.06. The Bertz CT molecular complexity index is 910. The van der Waals surface area contributed by atoms with Gasteiger partial charge in [0.1, 0.15) is 12.1 Å². The van der Waals surface area contributed by atoms with E-state index in [0.717, 1.165) is 29.7 Å². The molecule has 4 rings (SSSR count). The van der Waals surface area contributed by atoms with Gasteiger partial charge in [0.05, 0.1) is 31.0 Å². The standard InChI is InChI=1S/C19H18FN3O2/c20-17-4-1-13(11-24)9-16(17)19-15-3-2-14(10-18(15)21-12-22-19)23-5-7-25-8-6-23/h1-4,9-10,12,24H,5-8,11H2. The average molecular weight is 339 g/mol. The molecule has 25 heavy (non-hydrogen) atoms. The minimum absolute atomic E-state index is 0.141. The third-order valence-electron chi connectivity index (χ3n) is 4.46. The summed E-state index contributed by atoms with van der Waals surface area (Å²) >= 11 is 0. The Kier molecular flexibility index (Phi) is 4.29. The predicted molar refractivity (Wildman–Crippen MR) is 93.9 cm³/mol.